The highest BCUT2D eigenvalue weighted by Crippen LogP contribution is 2.37. The van der Waals surface area contributed by atoms with Crippen molar-refractivity contribution in [2.45, 2.75) is 45.7 Å². The Labute approximate surface area is 171 Å². The lowest BCUT2D eigenvalue weighted by atomic mass is 9.99. The van der Waals surface area contributed by atoms with Crippen LogP contribution in [-0.4, -0.2) is 33.3 Å². The van der Waals surface area contributed by atoms with Gasteiger partial charge in [-0.15, -0.1) is 11.3 Å². The number of thioether (sulfide) groups is 1. The number of nitrogens with zero attached hydrogens (tertiary/aromatic N) is 2. The van der Waals surface area contributed by atoms with Gasteiger partial charge >= 0.3 is 5.97 Å². The number of fused-ring (bicyclic) bond motifs is 1. The van der Waals surface area contributed by atoms with Crippen molar-refractivity contribution in [1.29, 1.82) is 0 Å². The molecule has 0 bridgehead atoms. The second-order valence-corrected chi connectivity index (χ2v) is 8.37. The molecule has 0 aliphatic carbocycles. The van der Waals surface area contributed by atoms with E-state index in [-0.39, 0.29) is 12.2 Å². The van der Waals surface area contributed by atoms with Crippen LogP contribution >= 0.6 is 23.1 Å². The number of aryl methyl sites for hydroxylation is 2. The van der Waals surface area contributed by atoms with Crippen LogP contribution in [0.25, 0.3) is 21.5 Å². The first-order valence-electron chi connectivity index (χ1n) is 9.26. The standard InChI is InChI=1S/C20H23N3O3S2/c1-5-7-9-28-20-22-17-15(18(24)23-20)14(16-11(3)8-10-27-16)13(12(4)21-17)19(25)26-6-2/h8,10H,5-7,9H2,1-4H3,(H,21,22,23,24). The fourth-order valence-electron chi connectivity index (χ4n) is 2.96. The van der Waals surface area contributed by atoms with E-state index in [1.165, 1.54) is 23.1 Å². The first kappa shape index (κ1) is 20.5. The molecule has 28 heavy (non-hydrogen) atoms. The van der Waals surface area contributed by atoms with E-state index in [0.717, 1.165) is 29.0 Å². The van der Waals surface area contributed by atoms with Gasteiger partial charge in [-0.1, -0.05) is 25.1 Å². The Balaban J connectivity index is 2.30. The number of carbonyl (C=O) groups excluding carboxylic acids is 1. The lowest BCUT2D eigenvalue weighted by Gasteiger charge is -2.14. The first-order valence-corrected chi connectivity index (χ1v) is 11.1. The van der Waals surface area contributed by atoms with Gasteiger partial charge in [-0.05, 0) is 44.2 Å². The molecule has 3 aromatic rings. The van der Waals surface area contributed by atoms with Crippen molar-refractivity contribution in [3.05, 3.63) is 38.6 Å². The lowest BCUT2D eigenvalue weighted by Crippen LogP contribution is -2.17. The number of aromatic amines is 1. The molecule has 148 valence electrons. The predicted molar refractivity (Wildman–Crippen MR) is 115 cm³/mol. The van der Waals surface area contributed by atoms with Crippen molar-refractivity contribution in [2.75, 3.05) is 12.4 Å². The van der Waals surface area contributed by atoms with E-state index in [9.17, 15) is 9.59 Å². The second-order valence-electron chi connectivity index (χ2n) is 6.37. The Kier molecular flexibility index (Phi) is 6.51. The average molecular weight is 418 g/mol. The minimum Gasteiger partial charge on any atom is -0.462 e. The summed E-state index contributed by atoms with van der Waals surface area (Å²) in [7, 11) is 0. The lowest BCUT2D eigenvalue weighted by molar-refractivity contribution is 0.0526. The normalized spacial score (nSPS) is 11.1. The Morgan fingerprint density at radius 3 is 2.71 bits per heavy atom. The number of nitrogens with one attached hydrogen (secondary N) is 1. The summed E-state index contributed by atoms with van der Waals surface area (Å²) in [6.45, 7) is 7.84. The largest absolute Gasteiger partial charge is 0.462 e. The minimum absolute atomic E-state index is 0.251. The molecule has 3 aromatic heterocycles. The smallest absolute Gasteiger partial charge is 0.340 e. The van der Waals surface area contributed by atoms with Gasteiger partial charge < -0.3 is 9.72 Å². The highest BCUT2D eigenvalue weighted by atomic mass is 32.2. The van der Waals surface area contributed by atoms with Gasteiger partial charge in [0.1, 0.15) is 0 Å². The summed E-state index contributed by atoms with van der Waals surface area (Å²) in [5.41, 5.74) is 2.46. The van der Waals surface area contributed by atoms with E-state index in [0.29, 0.717) is 33.0 Å². The van der Waals surface area contributed by atoms with Gasteiger partial charge in [-0.3, -0.25) is 4.79 Å². The van der Waals surface area contributed by atoms with Crippen LogP contribution in [-0.2, 0) is 4.74 Å². The summed E-state index contributed by atoms with van der Waals surface area (Å²) >= 11 is 2.99. The number of pyridine rings is 1. The summed E-state index contributed by atoms with van der Waals surface area (Å²) in [5.74, 6) is 0.403. The van der Waals surface area contributed by atoms with Crippen LogP contribution in [0.4, 0.5) is 0 Å². The van der Waals surface area contributed by atoms with Crippen molar-refractivity contribution >= 4 is 40.1 Å². The van der Waals surface area contributed by atoms with Crippen LogP contribution in [0, 0.1) is 13.8 Å². The van der Waals surface area contributed by atoms with Crippen molar-refractivity contribution in [2.24, 2.45) is 0 Å². The first-order chi connectivity index (χ1) is 13.5. The number of esters is 1. The molecule has 0 unspecified atom stereocenters. The molecule has 1 N–H and O–H groups in total. The number of thiophene rings is 1. The maximum Gasteiger partial charge on any atom is 0.340 e. The summed E-state index contributed by atoms with van der Waals surface area (Å²) in [5, 5.41) is 2.83. The number of ether oxygens (including phenoxy) is 1. The van der Waals surface area contributed by atoms with Gasteiger partial charge in [0, 0.05) is 16.2 Å². The maximum atomic E-state index is 13.0. The third kappa shape index (κ3) is 3.98. The molecule has 8 heteroatoms. The van der Waals surface area contributed by atoms with Crippen LogP contribution in [0.2, 0.25) is 0 Å². The molecule has 0 aliphatic rings. The number of hydrogen-bond donors (Lipinski definition) is 1. The summed E-state index contributed by atoms with van der Waals surface area (Å²) in [6.07, 6.45) is 2.12. The zero-order chi connectivity index (χ0) is 20.3. The summed E-state index contributed by atoms with van der Waals surface area (Å²) in [6, 6.07) is 1.97. The molecule has 0 amide bonds. The molecule has 0 fully saturated rings. The van der Waals surface area contributed by atoms with Crippen LogP contribution in [0.1, 0.15) is 48.3 Å². The molecule has 3 heterocycles. The fraction of sp³-hybridized carbons (Fsp3) is 0.400. The number of H-pyrrole nitrogens is 1. The van der Waals surface area contributed by atoms with Crippen molar-refractivity contribution in [1.82, 2.24) is 15.0 Å². The van der Waals surface area contributed by atoms with E-state index >= 15 is 0 Å². The Bertz CT molecular complexity index is 1070. The zero-order valence-corrected chi connectivity index (χ0v) is 18.1. The van der Waals surface area contributed by atoms with E-state index in [1.807, 2.05) is 18.4 Å². The van der Waals surface area contributed by atoms with Crippen LogP contribution in [0.3, 0.4) is 0 Å². The molecule has 3 rings (SSSR count). The molecule has 0 saturated carbocycles. The van der Waals surface area contributed by atoms with Gasteiger partial charge in [0.25, 0.3) is 5.56 Å². The van der Waals surface area contributed by atoms with E-state index < -0.39 is 5.97 Å². The van der Waals surface area contributed by atoms with Gasteiger partial charge in [-0.25, -0.2) is 14.8 Å². The van der Waals surface area contributed by atoms with E-state index in [1.54, 1.807) is 13.8 Å². The third-order valence-corrected chi connectivity index (χ3v) is 6.31. The fourth-order valence-corrected chi connectivity index (χ4v) is 4.88. The summed E-state index contributed by atoms with van der Waals surface area (Å²) < 4.78 is 5.25. The zero-order valence-electron chi connectivity index (χ0n) is 16.4. The number of unbranched alkanes of at least 4 members (excludes halogenated alkanes) is 1. The average Bonchev–Trinajstić information content (AvgIpc) is 3.06. The Morgan fingerprint density at radius 2 is 2.07 bits per heavy atom. The van der Waals surface area contributed by atoms with Crippen LogP contribution in [0.5, 0.6) is 0 Å². The summed E-state index contributed by atoms with van der Waals surface area (Å²) in [4.78, 5) is 38.5. The molecule has 0 aromatic carbocycles. The topological polar surface area (TPSA) is 84.9 Å². The van der Waals surface area contributed by atoms with E-state index in [4.69, 9.17) is 4.74 Å². The molecule has 0 saturated heterocycles. The Hall–Kier alpha value is -2.19. The number of rotatable bonds is 7. The van der Waals surface area contributed by atoms with Crippen LogP contribution in [0.15, 0.2) is 21.4 Å². The Morgan fingerprint density at radius 1 is 1.29 bits per heavy atom. The highest BCUT2D eigenvalue weighted by molar-refractivity contribution is 7.99. The minimum atomic E-state index is -0.474. The predicted octanol–water partition coefficient (Wildman–Crippen LogP) is 4.73. The van der Waals surface area contributed by atoms with Crippen molar-refractivity contribution in [3.63, 3.8) is 0 Å². The maximum absolute atomic E-state index is 13.0. The molecule has 6 nitrogen and oxygen atoms in total. The number of hydrogen-bond acceptors (Lipinski definition) is 7. The van der Waals surface area contributed by atoms with Gasteiger partial charge in [0.05, 0.1) is 23.3 Å². The quantitative estimate of drug-likeness (QED) is 0.259. The number of aromatic nitrogens is 3. The second kappa shape index (κ2) is 8.87. The molecule has 0 radical (unpaired) electrons. The molecule has 0 spiro atoms. The number of carbonyl (C=O) groups is 1. The van der Waals surface area contributed by atoms with Gasteiger partial charge in [-0.2, -0.15) is 0 Å². The van der Waals surface area contributed by atoms with E-state index in [2.05, 4.69) is 21.9 Å². The van der Waals surface area contributed by atoms with Gasteiger partial charge in [0.2, 0.25) is 0 Å². The molecule has 0 aliphatic heterocycles. The molecule has 0 atom stereocenters. The SMILES string of the molecule is CCCCSc1nc2nc(C)c(C(=O)OCC)c(-c3sccc3C)c2c(=O)[nH]1. The van der Waals surface area contributed by atoms with Crippen LogP contribution < -0.4 is 5.56 Å². The van der Waals surface area contributed by atoms with Gasteiger partial charge in [0.15, 0.2) is 10.8 Å². The third-order valence-electron chi connectivity index (χ3n) is 4.32. The van der Waals surface area contributed by atoms with Crippen molar-refractivity contribution < 1.29 is 9.53 Å². The highest BCUT2D eigenvalue weighted by Gasteiger charge is 2.25. The monoisotopic (exact) mass is 417 g/mol. The van der Waals surface area contributed by atoms with Crippen molar-refractivity contribution in [3.8, 4) is 10.4 Å². The molecular weight excluding hydrogens is 394 g/mol. The molecular formula is C20H23N3O3S2.